The number of pyridine rings is 1. The van der Waals surface area contributed by atoms with Crippen LogP contribution in [0.5, 0.6) is 11.5 Å². The normalized spacial score (nSPS) is 20.9. The third-order valence-corrected chi connectivity index (χ3v) is 6.41. The molecule has 0 saturated carbocycles. The van der Waals surface area contributed by atoms with Crippen molar-refractivity contribution in [2.45, 2.75) is 12.5 Å². The summed E-state index contributed by atoms with van der Waals surface area (Å²) in [5.74, 6) is -0.413. The monoisotopic (exact) mass is 449 g/mol. The van der Waals surface area contributed by atoms with Crippen LogP contribution in [0.25, 0.3) is 11.1 Å². The highest BCUT2D eigenvalue weighted by Crippen LogP contribution is 2.53. The average molecular weight is 449 g/mol. The van der Waals surface area contributed by atoms with E-state index in [0.29, 0.717) is 54.3 Å². The molecule has 0 aliphatic carbocycles. The molecule has 0 N–H and O–H groups in total. The Morgan fingerprint density at radius 1 is 1.03 bits per heavy atom. The SMILES string of the molecule is Cc1cnc(F)c(-c2ccc3c(c2)[C@@]2(COC=N2)c2cc(N4CCOCC4)cc(F)c2O3)c1. The minimum atomic E-state index is -0.990. The van der Waals surface area contributed by atoms with Crippen LogP contribution in [-0.2, 0) is 15.0 Å². The number of aliphatic imine (C=N–C) groups is 1. The first-order valence-electron chi connectivity index (χ1n) is 10.8. The molecule has 1 saturated heterocycles. The lowest BCUT2D eigenvalue weighted by molar-refractivity contribution is 0.122. The molecule has 3 aliphatic rings. The fourth-order valence-electron chi connectivity index (χ4n) is 4.73. The Morgan fingerprint density at radius 2 is 1.88 bits per heavy atom. The van der Waals surface area contributed by atoms with E-state index >= 15 is 4.39 Å². The molecule has 168 valence electrons. The predicted octanol–water partition coefficient (Wildman–Crippen LogP) is 4.58. The summed E-state index contributed by atoms with van der Waals surface area (Å²) in [6, 6.07) is 10.5. The molecule has 8 heteroatoms. The molecular weight excluding hydrogens is 428 g/mol. The van der Waals surface area contributed by atoms with Crippen molar-refractivity contribution in [2.75, 3.05) is 37.8 Å². The van der Waals surface area contributed by atoms with Gasteiger partial charge in [-0.3, -0.25) is 0 Å². The Hall–Kier alpha value is -3.52. The van der Waals surface area contributed by atoms with Crippen molar-refractivity contribution in [3.05, 3.63) is 71.1 Å². The lowest BCUT2D eigenvalue weighted by atomic mass is 9.80. The Morgan fingerprint density at radius 3 is 2.67 bits per heavy atom. The maximum absolute atomic E-state index is 15.3. The zero-order valence-electron chi connectivity index (χ0n) is 18.0. The van der Waals surface area contributed by atoms with Gasteiger partial charge in [0.15, 0.2) is 23.5 Å². The summed E-state index contributed by atoms with van der Waals surface area (Å²) in [5, 5.41) is 0. The number of aryl methyl sites for hydroxylation is 1. The van der Waals surface area contributed by atoms with E-state index < -0.39 is 17.3 Å². The standard InChI is InChI=1S/C25H21F2N3O3/c1-15-8-18(24(27)28-12-15)16-2-3-22-19(9-16)25(13-32-14-29-25)20-10-17(11-21(26)23(20)33-22)30-4-6-31-7-5-30/h2-3,8-12,14H,4-7,13H2,1H3/t25-/m0/s1. The number of fused-ring (bicyclic) bond motifs is 4. The van der Waals surface area contributed by atoms with Crippen molar-refractivity contribution in [1.82, 2.24) is 4.98 Å². The van der Waals surface area contributed by atoms with Gasteiger partial charge in [0.2, 0.25) is 5.95 Å². The second-order valence-corrected chi connectivity index (χ2v) is 8.47. The number of nitrogens with zero attached hydrogens (tertiary/aromatic N) is 3. The van der Waals surface area contributed by atoms with Gasteiger partial charge in [-0.25, -0.2) is 14.4 Å². The molecule has 3 aliphatic heterocycles. The van der Waals surface area contributed by atoms with Crippen LogP contribution < -0.4 is 9.64 Å². The van der Waals surface area contributed by atoms with Crippen LogP contribution in [0.15, 0.2) is 47.6 Å². The number of morpholine rings is 1. The zero-order valence-corrected chi connectivity index (χ0v) is 18.0. The first-order chi connectivity index (χ1) is 16.0. The molecule has 1 atom stereocenters. The number of anilines is 1. The highest BCUT2D eigenvalue weighted by Gasteiger charge is 2.47. The second kappa shape index (κ2) is 7.52. The number of rotatable bonds is 2. The number of ether oxygens (including phenoxy) is 3. The van der Waals surface area contributed by atoms with E-state index in [9.17, 15) is 4.39 Å². The van der Waals surface area contributed by atoms with Crippen LogP contribution in [0.2, 0.25) is 0 Å². The van der Waals surface area contributed by atoms with Gasteiger partial charge in [-0.05, 0) is 42.3 Å². The number of hydrogen-bond acceptors (Lipinski definition) is 6. The lowest BCUT2D eigenvalue weighted by Crippen LogP contribution is -2.37. The Kier molecular flexibility index (Phi) is 4.58. The summed E-state index contributed by atoms with van der Waals surface area (Å²) in [7, 11) is 0. The molecule has 33 heavy (non-hydrogen) atoms. The van der Waals surface area contributed by atoms with Crippen LogP contribution >= 0.6 is 0 Å². The Bertz CT molecular complexity index is 1290. The molecule has 6 rings (SSSR count). The van der Waals surface area contributed by atoms with Crippen LogP contribution in [0.4, 0.5) is 14.5 Å². The molecule has 1 fully saturated rings. The molecular formula is C25H21F2N3O3. The van der Waals surface area contributed by atoms with E-state index in [0.717, 1.165) is 11.3 Å². The van der Waals surface area contributed by atoms with E-state index in [4.69, 9.17) is 14.2 Å². The molecule has 0 bridgehead atoms. The smallest absolute Gasteiger partial charge is 0.220 e. The van der Waals surface area contributed by atoms with Gasteiger partial charge in [-0.1, -0.05) is 6.07 Å². The van der Waals surface area contributed by atoms with Crippen molar-refractivity contribution in [1.29, 1.82) is 0 Å². The minimum absolute atomic E-state index is 0.137. The summed E-state index contributed by atoms with van der Waals surface area (Å²) in [6.45, 7) is 4.58. The van der Waals surface area contributed by atoms with Crippen molar-refractivity contribution >= 4 is 12.1 Å². The van der Waals surface area contributed by atoms with Crippen LogP contribution in [0, 0.1) is 18.7 Å². The summed E-state index contributed by atoms with van der Waals surface area (Å²) >= 11 is 0. The van der Waals surface area contributed by atoms with Crippen LogP contribution in [0.3, 0.4) is 0 Å². The first kappa shape index (κ1) is 20.1. The van der Waals surface area contributed by atoms with Gasteiger partial charge in [0.05, 0.1) is 13.2 Å². The summed E-state index contributed by atoms with van der Waals surface area (Å²) < 4.78 is 46.9. The summed E-state index contributed by atoms with van der Waals surface area (Å²) in [5.41, 5.74) is 2.91. The largest absolute Gasteiger partial charge is 0.480 e. The maximum atomic E-state index is 15.3. The van der Waals surface area contributed by atoms with Crippen molar-refractivity contribution in [2.24, 2.45) is 4.99 Å². The molecule has 1 spiro atoms. The van der Waals surface area contributed by atoms with Gasteiger partial charge in [-0.15, -0.1) is 0 Å². The predicted molar refractivity (Wildman–Crippen MR) is 119 cm³/mol. The fraction of sp³-hybridized carbons (Fsp3) is 0.280. The van der Waals surface area contributed by atoms with E-state index in [2.05, 4.69) is 14.9 Å². The number of hydrogen-bond donors (Lipinski definition) is 0. The van der Waals surface area contributed by atoms with Crippen molar-refractivity contribution in [3.63, 3.8) is 0 Å². The first-order valence-corrected chi connectivity index (χ1v) is 10.8. The maximum Gasteiger partial charge on any atom is 0.220 e. The van der Waals surface area contributed by atoms with Crippen LogP contribution in [0.1, 0.15) is 16.7 Å². The molecule has 3 aromatic rings. The number of benzene rings is 2. The van der Waals surface area contributed by atoms with Gasteiger partial charge < -0.3 is 19.1 Å². The Labute approximate surface area is 189 Å². The van der Waals surface area contributed by atoms with Gasteiger partial charge >= 0.3 is 0 Å². The van der Waals surface area contributed by atoms with Gasteiger partial charge in [-0.2, -0.15) is 4.39 Å². The van der Waals surface area contributed by atoms with E-state index in [1.165, 1.54) is 18.7 Å². The quantitative estimate of drug-likeness (QED) is 0.536. The Balaban J connectivity index is 1.52. The fourth-order valence-corrected chi connectivity index (χ4v) is 4.73. The van der Waals surface area contributed by atoms with E-state index in [1.807, 2.05) is 19.1 Å². The molecule has 4 heterocycles. The molecule has 0 amide bonds. The third kappa shape index (κ3) is 3.16. The average Bonchev–Trinajstić information content (AvgIpc) is 3.32. The lowest BCUT2D eigenvalue weighted by Gasteiger charge is -2.36. The van der Waals surface area contributed by atoms with Gasteiger partial charge in [0, 0.05) is 47.7 Å². The van der Waals surface area contributed by atoms with Crippen LogP contribution in [-0.4, -0.2) is 44.3 Å². The van der Waals surface area contributed by atoms with E-state index in [1.54, 1.807) is 18.2 Å². The molecule has 1 aromatic heterocycles. The second-order valence-electron chi connectivity index (χ2n) is 8.47. The zero-order chi connectivity index (χ0) is 22.6. The van der Waals surface area contributed by atoms with Gasteiger partial charge in [0.25, 0.3) is 0 Å². The topological polar surface area (TPSA) is 56.2 Å². The van der Waals surface area contributed by atoms with Crippen molar-refractivity contribution < 1.29 is 23.0 Å². The highest BCUT2D eigenvalue weighted by atomic mass is 19.1. The van der Waals surface area contributed by atoms with Crippen molar-refractivity contribution in [3.8, 4) is 22.6 Å². The number of aromatic nitrogens is 1. The van der Waals surface area contributed by atoms with E-state index in [-0.39, 0.29) is 12.4 Å². The molecule has 0 radical (unpaired) electrons. The molecule has 0 unspecified atom stereocenters. The third-order valence-electron chi connectivity index (χ3n) is 6.41. The minimum Gasteiger partial charge on any atom is -0.480 e. The highest BCUT2D eigenvalue weighted by molar-refractivity contribution is 5.72. The summed E-state index contributed by atoms with van der Waals surface area (Å²) in [6.07, 6.45) is 2.88. The molecule has 6 nitrogen and oxygen atoms in total. The molecule has 2 aromatic carbocycles. The number of halogens is 2. The summed E-state index contributed by atoms with van der Waals surface area (Å²) in [4.78, 5) is 10.6. The van der Waals surface area contributed by atoms with Gasteiger partial charge in [0.1, 0.15) is 12.4 Å².